The van der Waals surface area contributed by atoms with Crippen molar-refractivity contribution in [3.63, 3.8) is 0 Å². The summed E-state index contributed by atoms with van der Waals surface area (Å²) >= 11 is 5.20. The molecular formula is C14H24N2O2S. The Hall–Kier alpha value is -0.680. The highest BCUT2D eigenvalue weighted by Gasteiger charge is 2.45. The second-order valence-electron chi connectivity index (χ2n) is 5.70. The van der Waals surface area contributed by atoms with Gasteiger partial charge in [-0.15, -0.1) is 0 Å². The highest BCUT2D eigenvalue weighted by Crippen LogP contribution is 2.35. The van der Waals surface area contributed by atoms with Crippen LogP contribution < -0.4 is 5.73 Å². The Morgan fingerprint density at radius 3 is 2.47 bits per heavy atom. The summed E-state index contributed by atoms with van der Waals surface area (Å²) < 4.78 is 5.37. The average Bonchev–Trinajstić information content (AvgIpc) is 2.37. The lowest BCUT2D eigenvalue weighted by atomic mass is 9.78. The van der Waals surface area contributed by atoms with Gasteiger partial charge in [0.1, 0.15) is 5.41 Å². The summed E-state index contributed by atoms with van der Waals surface area (Å²) in [4.78, 5) is 15.2. The van der Waals surface area contributed by atoms with Crippen LogP contribution in [0, 0.1) is 11.3 Å². The van der Waals surface area contributed by atoms with E-state index >= 15 is 0 Å². The molecule has 2 fully saturated rings. The fourth-order valence-electron chi connectivity index (χ4n) is 2.93. The maximum atomic E-state index is 12.9. The van der Waals surface area contributed by atoms with Gasteiger partial charge in [0.25, 0.3) is 0 Å². The highest BCUT2D eigenvalue weighted by atomic mass is 32.1. The number of ether oxygens (including phenoxy) is 1. The Labute approximate surface area is 120 Å². The third-order valence-electron chi connectivity index (χ3n) is 4.60. The van der Waals surface area contributed by atoms with Crippen molar-refractivity contribution in [2.75, 3.05) is 26.3 Å². The quantitative estimate of drug-likeness (QED) is 0.781. The Balaban J connectivity index is 2.09. The molecule has 1 heterocycles. The van der Waals surface area contributed by atoms with Gasteiger partial charge < -0.3 is 15.4 Å². The monoisotopic (exact) mass is 284 g/mol. The van der Waals surface area contributed by atoms with Crippen LogP contribution in [-0.2, 0) is 9.53 Å². The number of amides is 1. The van der Waals surface area contributed by atoms with Crippen molar-refractivity contribution in [2.24, 2.45) is 17.1 Å². The standard InChI is InChI=1S/C14H24N2O2S/c1-2-16(10-11-4-3-5-11)13(17)14(12(15)19)6-8-18-9-7-14/h11H,2-10H2,1H3,(H2,15,19). The number of hydrogen-bond acceptors (Lipinski definition) is 3. The molecule has 1 amide bonds. The Bertz CT molecular complexity index is 349. The van der Waals surface area contributed by atoms with Gasteiger partial charge in [0.15, 0.2) is 0 Å². The largest absolute Gasteiger partial charge is 0.392 e. The van der Waals surface area contributed by atoms with Gasteiger partial charge in [-0.3, -0.25) is 4.79 Å². The summed E-state index contributed by atoms with van der Waals surface area (Å²) in [6.45, 7) is 4.78. The lowest BCUT2D eigenvalue weighted by Crippen LogP contribution is -2.54. The molecule has 1 saturated carbocycles. The first-order valence-electron chi connectivity index (χ1n) is 7.27. The maximum absolute atomic E-state index is 12.9. The minimum Gasteiger partial charge on any atom is -0.392 e. The molecule has 5 heteroatoms. The topological polar surface area (TPSA) is 55.6 Å². The predicted octanol–water partition coefficient (Wildman–Crippen LogP) is 1.72. The van der Waals surface area contributed by atoms with E-state index in [1.807, 2.05) is 11.8 Å². The molecule has 1 aliphatic carbocycles. The smallest absolute Gasteiger partial charge is 0.235 e. The van der Waals surface area contributed by atoms with E-state index in [1.165, 1.54) is 19.3 Å². The molecule has 0 aromatic carbocycles. The Morgan fingerprint density at radius 2 is 2.05 bits per heavy atom. The molecule has 0 bridgehead atoms. The molecule has 2 N–H and O–H groups in total. The van der Waals surface area contributed by atoms with Crippen LogP contribution in [0.3, 0.4) is 0 Å². The van der Waals surface area contributed by atoms with Crippen molar-refractivity contribution < 1.29 is 9.53 Å². The minimum absolute atomic E-state index is 0.123. The van der Waals surface area contributed by atoms with E-state index in [-0.39, 0.29) is 5.91 Å². The van der Waals surface area contributed by atoms with Gasteiger partial charge in [0, 0.05) is 26.3 Å². The third-order valence-corrected chi connectivity index (χ3v) is 4.99. The third kappa shape index (κ3) is 2.92. The van der Waals surface area contributed by atoms with Crippen LogP contribution in [0.15, 0.2) is 0 Å². The SMILES string of the molecule is CCN(CC1CCC1)C(=O)C1(C(N)=S)CCOCC1. The number of hydrogen-bond donors (Lipinski definition) is 1. The fraction of sp³-hybridized carbons (Fsp3) is 0.857. The highest BCUT2D eigenvalue weighted by molar-refractivity contribution is 7.80. The summed E-state index contributed by atoms with van der Waals surface area (Å²) in [7, 11) is 0. The number of nitrogens with zero attached hydrogens (tertiary/aromatic N) is 1. The van der Waals surface area contributed by atoms with Crippen LogP contribution >= 0.6 is 12.2 Å². The van der Waals surface area contributed by atoms with Gasteiger partial charge in [-0.2, -0.15) is 0 Å². The van der Waals surface area contributed by atoms with Gasteiger partial charge in [-0.25, -0.2) is 0 Å². The van der Waals surface area contributed by atoms with Crippen molar-refractivity contribution in [1.29, 1.82) is 0 Å². The molecular weight excluding hydrogens is 260 g/mol. The molecule has 19 heavy (non-hydrogen) atoms. The molecule has 108 valence electrons. The molecule has 4 nitrogen and oxygen atoms in total. The summed E-state index contributed by atoms with van der Waals surface area (Å²) in [5.41, 5.74) is 5.24. The molecule has 0 atom stereocenters. The molecule has 1 saturated heterocycles. The second-order valence-corrected chi connectivity index (χ2v) is 6.14. The molecule has 0 aromatic heterocycles. The van der Waals surface area contributed by atoms with Crippen molar-refractivity contribution in [3.8, 4) is 0 Å². The molecule has 0 spiro atoms. The normalized spacial score (nSPS) is 22.6. The van der Waals surface area contributed by atoms with Gasteiger partial charge in [-0.05, 0) is 38.5 Å². The van der Waals surface area contributed by atoms with Gasteiger partial charge >= 0.3 is 0 Å². The van der Waals surface area contributed by atoms with Gasteiger partial charge in [0.2, 0.25) is 5.91 Å². The second kappa shape index (κ2) is 6.18. The maximum Gasteiger partial charge on any atom is 0.235 e. The van der Waals surface area contributed by atoms with Crippen LogP contribution in [0.1, 0.15) is 39.0 Å². The first kappa shape index (κ1) is 14.7. The van der Waals surface area contributed by atoms with Crippen LogP contribution in [0.5, 0.6) is 0 Å². The fourth-order valence-corrected chi connectivity index (χ4v) is 3.22. The number of carbonyl (C=O) groups excluding carboxylic acids is 1. The number of carbonyl (C=O) groups is 1. The van der Waals surface area contributed by atoms with E-state index in [4.69, 9.17) is 22.7 Å². The first-order valence-corrected chi connectivity index (χ1v) is 7.68. The minimum atomic E-state index is -0.659. The molecule has 2 rings (SSSR count). The van der Waals surface area contributed by atoms with Crippen molar-refractivity contribution in [3.05, 3.63) is 0 Å². The Morgan fingerprint density at radius 1 is 1.42 bits per heavy atom. The van der Waals surface area contributed by atoms with Crippen LogP contribution in [0.4, 0.5) is 0 Å². The zero-order valence-corrected chi connectivity index (χ0v) is 12.5. The lowest BCUT2D eigenvalue weighted by molar-refractivity contribution is -0.143. The summed E-state index contributed by atoms with van der Waals surface area (Å²) in [5.74, 6) is 0.796. The van der Waals surface area contributed by atoms with Crippen molar-refractivity contribution >= 4 is 23.1 Å². The zero-order chi connectivity index (χ0) is 13.9. The molecule has 2 aliphatic rings. The van der Waals surface area contributed by atoms with Crippen molar-refractivity contribution in [2.45, 2.75) is 39.0 Å². The summed E-state index contributed by atoms with van der Waals surface area (Å²) in [6.07, 6.45) is 5.04. The van der Waals surface area contributed by atoms with E-state index in [2.05, 4.69) is 0 Å². The van der Waals surface area contributed by atoms with Crippen molar-refractivity contribution in [1.82, 2.24) is 4.90 Å². The van der Waals surface area contributed by atoms with Crippen LogP contribution in [0.25, 0.3) is 0 Å². The average molecular weight is 284 g/mol. The summed E-state index contributed by atoms with van der Waals surface area (Å²) in [6, 6.07) is 0. The first-order chi connectivity index (χ1) is 9.10. The van der Waals surface area contributed by atoms with Gasteiger partial charge in [-0.1, -0.05) is 18.6 Å². The molecule has 0 unspecified atom stereocenters. The number of thiocarbonyl (C=S) groups is 1. The molecule has 0 radical (unpaired) electrons. The zero-order valence-electron chi connectivity index (χ0n) is 11.7. The number of rotatable bonds is 5. The van der Waals surface area contributed by atoms with E-state index in [1.54, 1.807) is 0 Å². The van der Waals surface area contributed by atoms with Crippen LogP contribution in [0.2, 0.25) is 0 Å². The van der Waals surface area contributed by atoms with E-state index in [0.29, 0.717) is 37.0 Å². The van der Waals surface area contributed by atoms with E-state index in [0.717, 1.165) is 13.1 Å². The number of nitrogens with two attached hydrogens (primary N) is 1. The lowest BCUT2D eigenvalue weighted by Gasteiger charge is -2.40. The van der Waals surface area contributed by atoms with E-state index in [9.17, 15) is 4.79 Å². The van der Waals surface area contributed by atoms with E-state index < -0.39 is 5.41 Å². The molecule has 0 aromatic rings. The predicted molar refractivity (Wildman–Crippen MR) is 78.9 cm³/mol. The Kier molecular flexibility index (Phi) is 4.79. The molecule has 1 aliphatic heterocycles. The summed E-state index contributed by atoms with van der Waals surface area (Å²) in [5, 5.41) is 0. The van der Waals surface area contributed by atoms with Gasteiger partial charge in [0.05, 0.1) is 4.99 Å². The van der Waals surface area contributed by atoms with Crippen LogP contribution in [-0.4, -0.2) is 42.1 Å².